The van der Waals surface area contributed by atoms with Crippen LogP contribution in [-0.4, -0.2) is 56.4 Å². The quantitative estimate of drug-likeness (QED) is 0.510. The summed E-state index contributed by atoms with van der Waals surface area (Å²) in [4.78, 5) is 36.2. The number of amides is 3. The third-order valence-electron chi connectivity index (χ3n) is 5.18. The Balaban J connectivity index is 1.93. The van der Waals surface area contributed by atoms with E-state index in [-0.39, 0.29) is 16.5 Å². The van der Waals surface area contributed by atoms with E-state index in [9.17, 15) is 22.8 Å². The van der Waals surface area contributed by atoms with Crippen molar-refractivity contribution in [3.63, 3.8) is 0 Å². The number of carbonyl (C=O) groups is 3. The minimum absolute atomic E-state index is 0.00911. The molecule has 0 aliphatic heterocycles. The maximum atomic E-state index is 12.9. The Morgan fingerprint density at radius 3 is 2.34 bits per heavy atom. The second-order valence-electron chi connectivity index (χ2n) is 7.86. The number of benzene rings is 1. The van der Waals surface area contributed by atoms with Gasteiger partial charge in [0.15, 0.2) is 6.61 Å². The van der Waals surface area contributed by atoms with Crippen LogP contribution in [0.4, 0.5) is 4.79 Å². The van der Waals surface area contributed by atoms with Gasteiger partial charge in [-0.1, -0.05) is 39.2 Å². The number of rotatable bonds is 10. The Labute approximate surface area is 189 Å². The standard InChI is InChI=1S/C22H33N3O6S/c1-3-13-25(14-4-2)32(29,30)19-12-8-9-17(15-19)21(27)31-16-20(26)24-22(28)23-18-10-6-5-7-11-18/h8-9,12,15,18H,3-7,10-11,13-14,16H2,1-2H3,(H2,23,24,26,28). The summed E-state index contributed by atoms with van der Waals surface area (Å²) in [5, 5.41) is 4.89. The van der Waals surface area contributed by atoms with Crippen LogP contribution in [0.3, 0.4) is 0 Å². The van der Waals surface area contributed by atoms with Crippen molar-refractivity contribution in [2.45, 2.75) is 69.7 Å². The number of nitrogens with zero attached hydrogens (tertiary/aromatic N) is 1. The van der Waals surface area contributed by atoms with Crippen molar-refractivity contribution in [1.29, 1.82) is 0 Å². The van der Waals surface area contributed by atoms with Crippen LogP contribution in [0, 0.1) is 0 Å². The molecule has 178 valence electrons. The molecule has 1 aromatic carbocycles. The monoisotopic (exact) mass is 467 g/mol. The largest absolute Gasteiger partial charge is 0.452 e. The Morgan fingerprint density at radius 1 is 1.06 bits per heavy atom. The third kappa shape index (κ3) is 7.59. The van der Waals surface area contributed by atoms with Crippen LogP contribution in [0.5, 0.6) is 0 Å². The Bertz CT molecular complexity index is 891. The van der Waals surface area contributed by atoms with Crippen LogP contribution < -0.4 is 10.6 Å². The molecule has 0 heterocycles. The highest BCUT2D eigenvalue weighted by Crippen LogP contribution is 2.19. The predicted octanol–water partition coefficient (Wildman–Crippen LogP) is 2.81. The lowest BCUT2D eigenvalue weighted by Gasteiger charge is -2.22. The average molecular weight is 468 g/mol. The molecule has 32 heavy (non-hydrogen) atoms. The first-order chi connectivity index (χ1) is 15.3. The maximum absolute atomic E-state index is 12.9. The van der Waals surface area contributed by atoms with Gasteiger partial charge in [0.05, 0.1) is 10.5 Å². The molecular formula is C22H33N3O6S. The number of carbonyl (C=O) groups excluding carboxylic acids is 3. The molecule has 0 atom stereocenters. The lowest BCUT2D eigenvalue weighted by Crippen LogP contribution is -2.46. The van der Waals surface area contributed by atoms with Gasteiger partial charge in [0.1, 0.15) is 0 Å². The van der Waals surface area contributed by atoms with Gasteiger partial charge in [0.25, 0.3) is 5.91 Å². The molecule has 0 bridgehead atoms. The summed E-state index contributed by atoms with van der Waals surface area (Å²) in [6.45, 7) is 3.91. The molecule has 1 fully saturated rings. The number of imide groups is 1. The smallest absolute Gasteiger partial charge is 0.338 e. The molecule has 1 saturated carbocycles. The minimum Gasteiger partial charge on any atom is -0.452 e. The molecule has 0 spiro atoms. The summed E-state index contributed by atoms with van der Waals surface area (Å²) in [6.07, 6.45) is 6.33. The minimum atomic E-state index is -3.75. The molecule has 1 aliphatic carbocycles. The zero-order chi connectivity index (χ0) is 23.6. The first-order valence-corrected chi connectivity index (χ1v) is 12.6. The zero-order valence-corrected chi connectivity index (χ0v) is 19.6. The lowest BCUT2D eigenvalue weighted by molar-refractivity contribution is -0.123. The van der Waals surface area contributed by atoms with Crippen molar-refractivity contribution in [2.75, 3.05) is 19.7 Å². The highest BCUT2D eigenvalue weighted by Gasteiger charge is 2.24. The topological polar surface area (TPSA) is 122 Å². The van der Waals surface area contributed by atoms with E-state index in [1.165, 1.54) is 28.6 Å². The summed E-state index contributed by atoms with van der Waals surface area (Å²) in [5.41, 5.74) is 0.0125. The van der Waals surface area contributed by atoms with E-state index in [0.29, 0.717) is 25.9 Å². The van der Waals surface area contributed by atoms with E-state index in [0.717, 1.165) is 32.1 Å². The molecule has 1 aliphatic rings. The number of urea groups is 1. The summed E-state index contributed by atoms with van der Waals surface area (Å²) < 4.78 is 32.2. The van der Waals surface area contributed by atoms with Crippen molar-refractivity contribution in [3.05, 3.63) is 29.8 Å². The average Bonchev–Trinajstić information content (AvgIpc) is 2.78. The second-order valence-corrected chi connectivity index (χ2v) is 9.80. The Morgan fingerprint density at radius 2 is 1.72 bits per heavy atom. The molecular weight excluding hydrogens is 434 g/mol. The molecule has 2 N–H and O–H groups in total. The SMILES string of the molecule is CCCN(CCC)S(=O)(=O)c1cccc(C(=O)OCC(=O)NC(=O)NC2CCCCC2)c1. The van der Waals surface area contributed by atoms with Crippen LogP contribution in [0.2, 0.25) is 0 Å². The van der Waals surface area contributed by atoms with Gasteiger partial charge in [-0.25, -0.2) is 18.0 Å². The number of hydrogen-bond donors (Lipinski definition) is 2. The summed E-state index contributed by atoms with van der Waals surface area (Å²) in [7, 11) is -3.75. The first kappa shape index (κ1) is 25.8. The van der Waals surface area contributed by atoms with Crippen molar-refractivity contribution < 1.29 is 27.5 Å². The number of sulfonamides is 1. The van der Waals surface area contributed by atoms with Crippen LogP contribution in [0.15, 0.2) is 29.2 Å². The molecule has 0 unspecified atom stereocenters. The molecule has 2 rings (SSSR count). The number of ether oxygens (including phenoxy) is 1. The van der Waals surface area contributed by atoms with Gasteiger partial charge in [-0.2, -0.15) is 4.31 Å². The first-order valence-electron chi connectivity index (χ1n) is 11.2. The van der Waals surface area contributed by atoms with Gasteiger partial charge < -0.3 is 10.1 Å². The summed E-state index contributed by atoms with van der Waals surface area (Å²) in [6, 6.07) is 4.97. The fourth-order valence-corrected chi connectivity index (χ4v) is 5.30. The molecule has 10 heteroatoms. The van der Waals surface area contributed by atoms with Crippen molar-refractivity contribution in [1.82, 2.24) is 14.9 Å². The van der Waals surface area contributed by atoms with Crippen molar-refractivity contribution in [2.24, 2.45) is 0 Å². The van der Waals surface area contributed by atoms with Crippen molar-refractivity contribution in [3.8, 4) is 0 Å². The van der Waals surface area contributed by atoms with Gasteiger partial charge in [-0.05, 0) is 43.9 Å². The van der Waals surface area contributed by atoms with E-state index >= 15 is 0 Å². The third-order valence-corrected chi connectivity index (χ3v) is 7.08. The van der Waals surface area contributed by atoms with E-state index < -0.39 is 34.5 Å². The van der Waals surface area contributed by atoms with Gasteiger partial charge >= 0.3 is 12.0 Å². The summed E-state index contributed by atoms with van der Waals surface area (Å²) in [5.74, 6) is -1.60. The normalized spacial score (nSPS) is 14.7. The van der Waals surface area contributed by atoms with Gasteiger partial charge in [-0.3, -0.25) is 10.1 Å². The molecule has 9 nitrogen and oxygen atoms in total. The number of hydrogen-bond acceptors (Lipinski definition) is 6. The van der Waals surface area contributed by atoms with Crippen LogP contribution in [-0.2, 0) is 19.6 Å². The van der Waals surface area contributed by atoms with Gasteiger partial charge in [0.2, 0.25) is 10.0 Å². The van der Waals surface area contributed by atoms with E-state index in [1.54, 1.807) is 0 Å². The molecule has 0 saturated heterocycles. The van der Waals surface area contributed by atoms with Crippen LogP contribution >= 0.6 is 0 Å². The second kappa shape index (κ2) is 12.5. The molecule has 0 aromatic heterocycles. The van der Waals surface area contributed by atoms with E-state index in [1.807, 2.05) is 13.8 Å². The van der Waals surface area contributed by atoms with E-state index in [4.69, 9.17) is 4.74 Å². The fraction of sp³-hybridized carbons (Fsp3) is 0.591. The number of esters is 1. The predicted molar refractivity (Wildman–Crippen MR) is 120 cm³/mol. The Kier molecular flexibility index (Phi) is 10.1. The Hall–Kier alpha value is -2.46. The molecule has 3 amide bonds. The number of nitrogens with one attached hydrogen (secondary N) is 2. The molecule has 0 radical (unpaired) electrons. The lowest BCUT2D eigenvalue weighted by atomic mass is 9.96. The van der Waals surface area contributed by atoms with Gasteiger partial charge in [-0.15, -0.1) is 0 Å². The fourth-order valence-electron chi connectivity index (χ4n) is 3.63. The highest BCUT2D eigenvalue weighted by molar-refractivity contribution is 7.89. The van der Waals surface area contributed by atoms with Crippen molar-refractivity contribution >= 4 is 27.9 Å². The highest BCUT2D eigenvalue weighted by atomic mass is 32.2. The molecule has 1 aromatic rings. The maximum Gasteiger partial charge on any atom is 0.338 e. The summed E-state index contributed by atoms with van der Waals surface area (Å²) >= 11 is 0. The zero-order valence-electron chi connectivity index (χ0n) is 18.8. The van der Waals surface area contributed by atoms with Gasteiger partial charge in [0, 0.05) is 19.1 Å². The van der Waals surface area contributed by atoms with E-state index in [2.05, 4.69) is 10.6 Å². The van der Waals surface area contributed by atoms with Crippen LogP contribution in [0.25, 0.3) is 0 Å². The van der Waals surface area contributed by atoms with Crippen LogP contribution in [0.1, 0.15) is 69.2 Å².